The molecule has 4 rings (SSSR count). The Morgan fingerprint density at radius 1 is 0.933 bits per heavy atom. The van der Waals surface area contributed by atoms with Gasteiger partial charge in [0.2, 0.25) is 0 Å². The quantitative estimate of drug-likeness (QED) is 0.322. The molecule has 4 atom stereocenters. The average molecular weight is 204 g/mol. The number of hydrogen-bond donors (Lipinski definition) is 0. The number of cyclic esters (lactones) is 2. The zero-order valence-electron chi connectivity index (χ0n) is 7.75. The number of carbonyl (C=O) groups excluding carboxylic acids is 3. The van der Waals surface area contributed by atoms with Crippen molar-refractivity contribution in [2.75, 3.05) is 0 Å². The third kappa shape index (κ3) is 0.988. The van der Waals surface area contributed by atoms with Gasteiger partial charge < -0.3 is 4.74 Å². The predicted octanol–water partition coefficient (Wildman–Crippen LogP) is 0.243. The molecule has 0 N–H and O–H groups in total. The zero-order chi connectivity index (χ0) is 10.6. The van der Waals surface area contributed by atoms with Gasteiger partial charge in [0.1, 0.15) is 0 Å². The molecule has 1 heterocycles. The SMILES string of the molecule is O=C1C=CC2C=CC1C1C(=O)OC(=O)C21. The molecular weight excluding hydrogens is 196 g/mol. The standard InChI is InChI=1S/C11H8O4/c12-7-4-2-5-1-3-6(7)9-8(5)10(13)15-11(9)14/h1-6,8-9H. The first-order valence-corrected chi connectivity index (χ1v) is 4.84. The van der Waals surface area contributed by atoms with Crippen molar-refractivity contribution in [2.24, 2.45) is 23.7 Å². The Morgan fingerprint density at radius 3 is 2.47 bits per heavy atom. The number of ether oxygens (including phenoxy) is 1. The van der Waals surface area contributed by atoms with E-state index in [1.54, 1.807) is 12.2 Å². The first kappa shape index (κ1) is 8.59. The van der Waals surface area contributed by atoms with Crippen LogP contribution >= 0.6 is 0 Å². The molecule has 15 heavy (non-hydrogen) atoms. The van der Waals surface area contributed by atoms with Gasteiger partial charge in [0.05, 0.1) is 17.8 Å². The first-order chi connectivity index (χ1) is 7.18. The Morgan fingerprint density at radius 2 is 1.67 bits per heavy atom. The highest BCUT2D eigenvalue weighted by Gasteiger charge is 2.54. The van der Waals surface area contributed by atoms with Crippen molar-refractivity contribution in [1.29, 1.82) is 0 Å². The van der Waals surface area contributed by atoms with E-state index in [0.29, 0.717) is 0 Å². The fourth-order valence-electron chi connectivity index (χ4n) is 2.56. The van der Waals surface area contributed by atoms with Crippen LogP contribution in [-0.4, -0.2) is 17.7 Å². The highest BCUT2D eigenvalue weighted by atomic mass is 16.6. The lowest BCUT2D eigenvalue weighted by atomic mass is 9.73. The van der Waals surface area contributed by atoms with E-state index in [0.717, 1.165) is 0 Å². The molecule has 4 nitrogen and oxygen atoms in total. The molecule has 0 aromatic heterocycles. The minimum absolute atomic E-state index is 0.118. The summed E-state index contributed by atoms with van der Waals surface area (Å²) in [6.45, 7) is 0. The largest absolute Gasteiger partial charge is 0.393 e. The van der Waals surface area contributed by atoms with Gasteiger partial charge in [-0.3, -0.25) is 14.4 Å². The molecule has 0 amide bonds. The second-order valence-corrected chi connectivity index (χ2v) is 4.04. The minimum atomic E-state index is -0.602. The normalized spacial score (nSPS) is 41.7. The van der Waals surface area contributed by atoms with Crippen LogP contribution in [0.3, 0.4) is 0 Å². The van der Waals surface area contributed by atoms with Gasteiger partial charge in [0.15, 0.2) is 5.78 Å². The van der Waals surface area contributed by atoms with Crippen LogP contribution in [0, 0.1) is 23.7 Å². The lowest BCUT2D eigenvalue weighted by Crippen LogP contribution is -2.34. The van der Waals surface area contributed by atoms with E-state index in [4.69, 9.17) is 0 Å². The predicted molar refractivity (Wildman–Crippen MR) is 48.3 cm³/mol. The van der Waals surface area contributed by atoms with Crippen LogP contribution in [0.15, 0.2) is 24.3 Å². The monoisotopic (exact) mass is 204 g/mol. The number of allylic oxidation sites excluding steroid dienone is 4. The summed E-state index contributed by atoms with van der Waals surface area (Å²) >= 11 is 0. The number of esters is 2. The van der Waals surface area contributed by atoms with Crippen molar-refractivity contribution in [3.05, 3.63) is 24.3 Å². The smallest absolute Gasteiger partial charge is 0.318 e. The maximum atomic E-state index is 11.6. The second-order valence-electron chi connectivity index (χ2n) is 4.04. The van der Waals surface area contributed by atoms with E-state index >= 15 is 0 Å². The van der Waals surface area contributed by atoms with Gasteiger partial charge in [-0.2, -0.15) is 0 Å². The maximum absolute atomic E-state index is 11.6. The van der Waals surface area contributed by atoms with E-state index in [1.807, 2.05) is 6.08 Å². The summed E-state index contributed by atoms with van der Waals surface area (Å²) in [5.74, 6) is -2.94. The molecule has 3 aliphatic carbocycles. The summed E-state index contributed by atoms with van der Waals surface area (Å²) in [6, 6.07) is 0. The Kier molecular flexibility index (Phi) is 1.52. The van der Waals surface area contributed by atoms with Crippen molar-refractivity contribution >= 4 is 17.7 Å². The van der Waals surface area contributed by atoms with Gasteiger partial charge in [0.25, 0.3) is 0 Å². The molecule has 0 aromatic carbocycles. The molecule has 1 fully saturated rings. The van der Waals surface area contributed by atoms with Gasteiger partial charge in [-0.25, -0.2) is 0 Å². The highest BCUT2D eigenvalue weighted by molar-refractivity contribution is 6.04. The Hall–Kier alpha value is -1.71. The van der Waals surface area contributed by atoms with Crippen LogP contribution in [-0.2, 0) is 19.1 Å². The number of ketones is 1. The molecule has 0 saturated carbocycles. The third-order valence-corrected chi connectivity index (χ3v) is 3.29. The van der Waals surface area contributed by atoms with Crippen LogP contribution in [0.1, 0.15) is 0 Å². The van der Waals surface area contributed by atoms with Crippen LogP contribution in [0.25, 0.3) is 0 Å². The maximum Gasteiger partial charge on any atom is 0.318 e. The van der Waals surface area contributed by atoms with Gasteiger partial charge in [-0.1, -0.05) is 18.2 Å². The van der Waals surface area contributed by atoms with Crippen molar-refractivity contribution in [3.8, 4) is 0 Å². The summed E-state index contributed by atoms with van der Waals surface area (Å²) in [6.07, 6.45) is 6.68. The Bertz CT molecular complexity index is 432. The molecule has 0 aromatic rings. The summed E-state index contributed by atoms with van der Waals surface area (Å²) in [4.78, 5) is 34.5. The number of hydrogen-bond acceptors (Lipinski definition) is 4. The van der Waals surface area contributed by atoms with Crippen LogP contribution in [0.5, 0.6) is 0 Å². The molecule has 76 valence electrons. The van der Waals surface area contributed by atoms with Gasteiger partial charge in [-0.15, -0.1) is 0 Å². The summed E-state index contributed by atoms with van der Waals surface area (Å²) < 4.78 is 4.59. The second kappa shape index (κ2) is 2.66. The highest BCUT2D eigenvalue weighted by Crippen LogP contribution is 2.43. The minimum Gasteiger partial charge on any atom is -0.393 e. The molecule has 2 bridgehead atoms. The van der Waals surface area contributed by atoms with Gasteiger partial charge >= 0.3 is 11.9 Å². The van der Waals surface area contributed by atoms with Gasteiger partial charge in [-0.05, 0) is 6.08 Å². The first-order valence-electron chi connectivity index (χ1n) is 4.84. The Balaban J connectivity index is 2.15. The molecule has 1 saturated heterocycles. The molecule has 1 aliphatic heterocycles. The summed E-state index contributed by atoms with van der Waals surface area (Å²) in [7, 11) is 0. The number of rotatable bonds is 0. The van der Waals surface area contributed by atoms with E-state index in [2.05, 4.69) is 4.74 Å². The zero-order valence-corrected chi connectivity index (χ0v) is 7.75. The lowest BCUT2D eigenvalue weighted by molar-refractivity contribution is -0.154. The summed E-state index contributed by atoms with van der Waals surface area (Å²) in [5.41, 5.74) is 0. The fraction of sp³-hybridized carbons (Fsp3) is 0.364. The van der Waals surface area contributed by atoms with E-state index in [9.17, 15) is 14.4 Å². The van der Waals surface area contributed by atoms with Crippen molar-refractivity contribution in [1.82, 2.24) is 0 Å². The van der Waals surface area contributed by atoms with Crippen molar-refractivity contribution in [2.45, 2.75) is 0 Å². The van der Waals surface area contributed by atoms with E-state index < -0.39 is 29.7 Å². The molecule has 0 radical (unpaired) electrons. The topological polar surface area (TPSA) is 60.4 Å². The van der Waals surface area contributed by atoms with Gasteiger partial charge in [0, 0.05) is 5.92 Å². The summed E-state index contributed by atoms with van der Waals surface area (Å²) in [5, 5.41) is 0. The van der Waals surface area contributed by atoms with Crippen LogP contribution in [0.4, 0.5) is 0 Å². The van der Waals surface area contributed by atoms with E-state index in [1.165, 1.54) is 6.08 Å². The molecule has 4 heteroatoms. The average Bonchev–Trinajstić information content (AvgIpc) is 2.39. The Labute approximate surface area is 85.6 Å². The van der Waals surface area contributed by atoms with Crippen LogP contribution in [0.2, 0.25) is 0 Å². The van der Waals surface area contributed by atoms with Crippen LogP contribution < -0.4 is 0 Å². The number of carbonyl (C=O) groups is 3. The molecule has 4 unspecified atom stereocenters. The molecule has 0 spiro atoms. The molecule has 4 aliphatic rings. The van der Waals surface area contributed by atoms with E-state index in [-0.39, 0.29) is 11.7 Å². The van der Waals surface area contributed by atoms with Crippen molar-refractivity contribution in [3.63, 3.8) is 0 Å². The molecular formula is C11H8O4. The van der Waals surface area contributed by atoms with Crippen molar-refractivity contribution < 1.29 is 19.1 Å². The lowest BCUT2D eigenvalue weighted by Gasteiger charge is -2.24. The number of fused-ring (bicyclic) bond motifs is 1. The fourth-order valence-corrected chi connectivity index (χ4v) is 2.56. The third-order valence-electron chi connectivity index (χ3n) is 3.29.